The Morgan fingerprint density at radius 3 is 2.53 bits per heavy atom. The van der Waals surface area contributed by atoms with E-state index in [9.17, 15) is 0 Å². The van der Waals surface area contributed by atoms with E-state index in [1.165, 1.54) is 0 Å². The average Bonchev–Trinajstić information content (AvgIpc) is 2.42. The molecule has 1 aromatic heterocycles. The third-order valence-electron chi connectivity index (χ3n) is 2.67. The molecule has 0 aliphatic rings. The summed E-state index contributed by atoms with van der Waals surface area (Å²) in [5, 5.41) is 4.12. The minimum Gasteiger partial charge on any atom is -0.372 e. The summed E-state index contributed by atoms with van der Waals surface area (Å²) in [6.45, 7) is 2.07. The van der Waals surface area contributed by atoms with E-state index in [-0.39, 0.29) is 0 Å². The molecule has 2 aromatic rings. The van der Waals surface area contributed by atoms with Gasteiger partial charge in [0.05, 0.1) is 19.3 Å². The first-order chi connectivity index (χ1) is 9.06. The fourth-order valence-corrected chi connectivity index (χ4v) is 2.85. The summed E-state index contributed by atoms with van der Waals surface area (Å²) >= 11 is 14.2. The quantitative estimate of drug-likeness (QED) is 0.752. The molecule has 0 spiro atoms. The molecule has 0 aliphatic carbocycles. The molecule has 3 nitrogen and oxygen atoms in total. The van der Waals surface area contributed by atoms with Crippen molar-refractivity contribution in [1.82, 2.24) is 9.97 Å². The van der Waals surface area contributed by atoms with Crippen molar-refractivity contribution in [3.05, 3.63) is 37.5 Å². The molecule has 0 fully saturated rings. The normalized spacial score (nSPS) is 10.6. The number of nitrogens with zero attached hydrogens (tertiary/aromatic N) is 2. The minimum absolute atomic E-state index is 0.505. The molecule has 0 bridgehead atoms. The summed E-state index contributed by atoms with van der Waals surface area (Å²) < 4.78 is 1.05. The number of hydrogen-bond donors (Lipinski definition) is 1. The molecule has 6 heteroatoms. The minimum atomic E-state index is 0.505. The largest absolute Gasteiger partial charge is 0.372 e. The predicted molar refractivity (Wildman–Crippen MR) is 89.1 cm³/mol. The number of aromatic nitrogens is 2. The summed E-state index contributed by atoms with van der Waals surface area (Å²) in [6, 6.07) is 5.41. The molecule has 0 amide bonds. The number of benzene rings is 1. The first-order valence-corrected chi connectivity index (χ1v) is 7.59. The van der Waals surface area contributed by atoms with Gasteiger partial charge in [-0.3, -0.25) is 0 Å². The van der Waals surface area contributed by atoms with Crippen molar-refractivity contribution in [1.29, 1.82) is 0 Å². The highest BCUT2D eigenvalue weighted by Gasteiger charge is 2.12. The maximum atomic E-state index is 6.04. The lowest BCUT2D eigenvalue weighted by Crippen LogP contribution is -2.04. The predicted octanol–water partition coefficient (Wildman–Crippen LogP) is 4.66. The molecule has 19 heavy (non-hydrogen) atoms. The summed E-state index contributed by atoms with van der Waals surface area (Å²) in [5.74, 6) is 1.48. The van der Waals surface area contributed by atoms with Crippen LogP contribution in [0, 0.1) is 3.57 Å². The van der Waals surface area contributed by atoms with Crippen LogP contribution < -0.4 is 5.32 Å². The fourth-order valence-electron chi connectivity index (χ4n) is 1.66. The molecule has 1 heterocycles. The van der Waals surface area contributed by atoms with Gasteiger partial charge in [0.25, 0.3) is 0 Å². The maximum absolute atomic E-state index is 6.04. The van der Waals surface area contributed by atoms with Gasteiger partial charge < -0.3 is 5.32 Å². The van der Waals surface area contributed by atoms with E-state index >= 15 is 0 Å². The zero-order valence-corrected chi connectivity index (χ0v) is 14.1. The van der Waals surface area contributed by atoms with Gasteiger partial charge in [0.15, 0.2) is 5.82 Å². The zero-order chi connectivity index (χ0) is 14.0. The highest BCUT2D eigenvalue weighted by Crippen LogP contribution is 2.29. The van der Waals surface area contributed by atoms with E-state index in [1.807, 2.05) is 13.1 Å². The van der Waals surface area contributed by atoms with Crippen LogP contribution in [0.5, 0.6) is 0 Å². The molecule has 0 radical (unpaired) electrons. The van der Waals surface area contributed by atoms with Crippen LogP contribution in [-0.4, -0.2) is 17.0 Å². The number of rotatable bonds is 3. The van der Waals surface area contributed by atoms with Crippen LogP contribution in [0.3, 0.4) is 0 Å². The van der Waals surface area contributed by atoms with Gasteiger partial charge in [-0.1, -0.05) is 30.1 Å². The van der Waals surface area contributed by atoms with Crippen molar-refractivity contribution >= 4 is 51.6 Å². The molecule has 1 aromatic carbocycles. The van der Waals surface area contributed by atoms with E-state index < -0.39 is 0 Å². The molecule has 0 saturated heterocycles. The van der Waals surface area contributed by atoms with E-state index in [0.717, 1.165) is 27.1 Å². The van der Waals surface area contributed by atoms with Crippen LogP contribution >= 0.6 is 45.8 Å². The highest BCUT2D eigenvalue weighted by atomic mass is 127. The van der Waals surface area contributed by atoms with Crippen LogP contribution in [0.15, 0.2) is 18.2 Å². The lowest BCUT2D eigenvalue weighted by Gasteiger charge is -2.10. The van der Waals surface area contributed by atoms with Gasteiger partial charge in [0.1, 0.15) is 5.82 Å². The van der Waals surface area contributed by atoms with Crippen molar-refractivity contribution in [3.8, 4) is 11.4 Å². The Bertz CT molecular complexity index is 592. The summed E-state index contributed by atoms with van der Waals surface area (Å²) in [7, 11) is 1.85. The van der Waals surface area contributed by atoms with Crippen molar-refractivity contribution in [2.45, 2.75) is 13.3 Å². The number of nitrogens with one attached hydrogen (secondary N) is 1. The van der Waals surface area contributed by atoms with E-state index in [4.69, 9.17) is 23.2 Å². The van der Waals surface area contributed by atoms with Gasteiger partial charge in [0, 0.05) is 12.6 Å². The van der Waals surface area contributed by atoms with Crippen LogP contribution in [0.1, 0.15) is 12.6 Å². The second kappa shape index (κ2) is 6.24. The first kappa shape index (κ1) is 14.8. The van der Waals surface area contributed by atoms with Crippen LogP contribution in [-0.2, 0) is 6.42 Å². The lowest BCUT2D eigenvalue weighted by atomic mass is 10.2. The van der Waals surface area contributed by atoms with Crippen molar-refractivity contribution in [3.63, 3.8) is 0 Å². The molecule has 0 atom stereocenters. The maximum Gasteiger partial charge on any atom is 0.161 e. The Morgan fingerprint density at radius 1 is 1.21 bits per heavy atom. The van der Waals surface area contributed by atoms with E-state index in [1.54, 1.807) is 12.1 Å². The lowest BCUT2D eigenvalue weighted by molar-refractivity contribution is 0.990. The third-order valence-corrected chi connectivity index (χ3v) is 4.54. The van der Waals surface area contributed by atoms with Crippen molar-refractivity contribution in [2.24, 2.45) is 0 Å². The Kier molecular flexibility index (Phi) is 4.86. The number of anilines is 1. The zero-order valence-electron chi connectivity index (χ0n) is 10.5. The molecule has 0 saturated carbocycles. The van der Waals surface area contributed by atoms with Gasteiger partial charge in [-0.25, -0.2) is 9.97 Å². The van der Waals surface area contributed by atoms with Gasteiger partial charge in [-0.2, -0.15) is 0 Å². The van der Waals surface area contributed by atoms with Gasteiger partial charge in [-0.05, 0) is 47.2 Å². The van der Waals surface area contributed by atoms with Gasteiger partial charge >= 0.3 is 0 Å². The molecular formula is C13H12Cl2IN3. The van der Waals surface area contributed by atoms with Crippen LogP contribution in [0.25, 0.3) is 11.4 Å². The highest BCUT2D eigenvalue weighted by molar-refractivity contribution is 14.1. The van der Waals surface area contributed by atoms with Crippen LogP contribution in [0.2, 0.25) is 10.0 Å². The number of halogens is 3. The average molecular weight is 408 g/mol. The van der Waals surface area contributed by atoms with E-state index in [2.05, 4.69) is 44.8 Å². The van der Waals surface area contributed by atoms with Crippen molar-refractivity contribution in [2.75, 3.05) is 12.4 Å². The molecular weight excluding hydrogens is 396 g/mol. The number of hydrogen-bond acceptors (Lipinski definition) is 3. The Balaban J connectivity index is 2.58. The van der Waals surface area contributed by atoms with Crippen molar-refractivity contribution < 1.29 is 0 Å². The number of aryl methyl sites for hydroxylation is 1. The topological polar surface area (TPSA) is 37.8 Å². The second-order valence-electron chi connectivity index (χ2n) is 3.89. The Hall–Kier alpha value is -0.590. The van der Waals surface area contributed by atoms with E-state index in [0.29, 0.717) is 15.9 Å². The summed E-state index contributed by atoms with van der Waals surface area (Å²) in [5.41, 5.74) is 1.87. The van der Waals surface area contributed by atoms with Gasteiger partial charge in [-0.15, -0.1) is 0 Å². The fraction of sp³-hybridized carbons (Fsp3) is 0.231. The summed E-state index contributed by atoms with van der Waals surface area (Å²) in [4.78, 5) is 9.09. The molecule has 100 valence electrons. The molecule has 0 aliphatic heterocycles. The molecule has 2 rings (SSSR count). The van der Waals surface area contributed by atoms with Gasteiger partial charge in [0.2, 0.25) is 0 Å². The summed E-state index contributed by atoms with van der Waals surface area (Å²) in [6.07, 6.45) is 0.851. The Morgan fingerprint density at radius 2 is 1.95 bits per heavy atom. The molecule has 0 unspecified atom stereocenters. The first-order valence-electron chi connectivity index (χ1n) is 5.76. The third kappa shape index (κ3) is 3.12. The SMILES string of the molecule is CCc1nc(-c2ccc(Cl)c(Cl)c2)nc(NC)c1I. The standard InChI is InChI=1S/C13H12Cl2IN3/c1-3-10-11(16)13(17-2)19-12(18-10)7-4-5-8(14)9(15)6-7/h4-6H,3H2,1-2H3,(H,17,18,19). The Labute approximate surface area is 135 Å². The monoisotopic (exact) mass is 407 g/mol. The second-order valence-corrected chi connectivity index (χ2v) is 5.78. The van der Waals surface area contributed by atoms with Crippen LogP contribution in [0.4, 0.5) is 5.82 Å². The molecule has 1 N–H and O–H groups in total. The smallest absolute Gasteiger partial charge is 0.161 e.